The van der Waals surface area contributed by atoms with E-state index in [9.17, 15) is 4.79 Å². The molecule has 1 N–H and O–H groups in total. The van der Waals surface area contributed by atoms with Gasteiger partial charge in [-0.3, -0.25) is 14.8 Å². The largest absolute Gasteiger partial charge is 0.345 e. The summed E-state index contributed by atoms with van der Waals surface area (Å²) in [6.07, 6.45) is 3.53. The first kappa shape index (κ1) is 15.2. The lowest BCUT2D eigenvalue weighted by atomic mass is 9.97. The van der Waals surface area contributed by atoms with Crippen LogP contribution in [0.5, 0.6) is 0 Å². The molecule has 21 heavy (non-hydrogen) atoms. The van der Waals surface area contributed by atoms with Crippen molar-refractivity contribution in [3.63, 3.8) is 0 Å². The van der Waals surface area contributed by atoms with E-state index in [2.05, 4.69) is 29.1 Å². The zero-order valence-corrected chi connectivity index (χ0v) is 12.9. The minimum Gasteiger partial charge on any atom is -0.345 e. The third kappa shape index (κ3) is 3.88. The van der Waals surface area contributed by atoms with Crippen LogP contribution < -0.4 is 5.32 Å². The number of nitrogens with one attached hydrogen (secondary N) is 1. The molecule has 0 radical (unpaired) electrons. The van der Waals surface area contributed by atoms with Gasteiger partial charge in [-0.15, -0.1) is 0 Å². The quantitative estimate of drug-likeness (QED) is 0.937. The summed E-state index contributed by atoms with van der Waals surface area (Å²) >= 11 is 0. The molecule has 0 spiro atoms. The van der Waals surface area contributed by atoms with Crippen LogP contribution in [-0.2, 0) is 0 Å². The van der Waals surface area contributed by atoms with Crippen LogP contribution in [0.4, 0.5) is 0 Å². The highest BCUT2D eigenvalue weighted by Gasteiger charge is 2.19. The van der Waals surface area contributed by atoms with Gasteiger partial charge in [-0.1, -0.05) is 19.9 Å². The molecule has 0 bridgehead atoms. The molecule has 1 atom stereocenters. The van der Waals surface area contributed by atoms with E-state index in [1.165, 1.54) is 0 Å². The minimum atomic E-state index is -0.0776. The fourth-order valence-corrected chi connectivity index (χ4v) is 2.38. The van der Waals surface area contributed by atoms with Crippen LogP contribution in [0.15, 0.2) is 36.7 Å². The van der Waals surface area contributed by atoms with E-state index < -0.39 is 0 Å². The van der Waals surface area contributed by atoms with Crippen molar-refractivity contribution >= 4 is 5.91 Å². The summed E-state index contributed by atoms with van der Waals surface area (Å²) in [4.78, 5) is 20.9. The lowest BCUT2D eigenvalue weighted by Crippen LogP contribution is -2.32. The van der Waals surface area contributed by atoms with Gasteiger partial charge in [-0.25, -0.2) is 0 Å². The number of pyridine rings is 2. The molecule has 0 saturated heterocycles. The highest BCUT2D eigenvalue weighted by molar-refractivity contribution is 5.94. The van der Waals surface area contributed by atoms with E-state index in [0.29, 0.717) is 5.56 Å². The van der Waals surface area contributed by atoms with Crippen molar-refractivity contribution in [3.8, 4) is 0 Å². The molecule has 1 amide bonds. The average molecular weight is 283 g/mol. The third-order valence-electron chi connectivity index (χ3n) is 3.34. The lowest BCUT2D eigenvalue weighted by molar-refractivity contribution is 0.0925. The number of aromatic nitrogens is 2. The predicted octanol–water partition coefficient (Wildman–Crippen LogP) is 3.22. The number of rotatable bonds is 4. The number of hydrogen-bond donors (Lipinski definition) is 1. The molecular formula is C17H21N3O. The minimum absolute atomic E-state index is 0.0556. The Kier molecular flexibility index (Phi) is 4.68. The van der Waals surface area contributed by atoms with Gasteiger partial charge in [0.25, 0.3) is 5.91 Å². The number of carbonyl (C=O) groups excluding carboxylic acids is 1. The number of hydrogen-bond acceptors (Lipinski definition) is 3. The SMILES string of the molecule is Cc1cc(C(=O)NC(c2cccnc2)C(C)C)cc(C)n1. The van der Waals surface area contributed by atoms with Crippen LogP contribution in [0.3, 0.4) is 0 Å². The smallest absolute Gasteiger partial charge is 0.251 e. The van der Waals surface area contributed by atoms with Gasteiger partial charge >= 0.3 is 0 Å². The maximum absolute atomic E-state index is 12.5. The summed E-state index contributed by atoms with van der Waals surface area (Å²) in [5.74, 6) is 0.202. The highest BCUT2D eigenvalue weighted by atomic mass is 16.1. The van der Waals surface area contributed by atoms with Gasteiger partial charge in [0.1, 0.15) is 0 Å². The number of carbonyl (C=O) groups is 1. The Labute approximate surface area is 125 Å². The van der Waals surface area contributed by atoms with Crippen molar-refractivity contribution in [2.45, 2.75) is 33.7 Å². The van der Waals surface area contributed by atoms with Crippen molar-refractivity contribution in [2.24, 2.45) is 5.92 Å². The van der Waals surface area contributed by atoms with E-state index >= 15 is 0 Å². The lowest BCUT2D eigenvalue weighted by Gasteiger charge is -2.22. The van der Waals surface area contributed by atoms with E-state index in [4.69, 9.17) is 0 Å². The summed E-state index contributed by atoms with van der Waals surface area (Å²) in [5, 5.41) is 3.10. The van der Waals surface area contributed by atoms with Crippen molar-refractivity contribution in [1.29, 1.82) is 0 Å². The molecule has 2 heterocycles. The summed E-state index contributed by atoms with van der Waals surface area (Å²) in [6, 6.07) is 7.44. The van der Waals surface area contributed by atoms with Crippen LogP contribution in [0.2, 0.25) is 0 Å². The van der Waals surface area contributed by atoms with Gasteiger partial charge in [0.05, 0.1) is 6.04 Å². The zero-order valence-electron chi connectivity index (χ0n) is 12.9. The molecule has 0 aliphatic carbocycles. The average Bonchev–Trinajstić information content (AvgIpc) is 2.44. The van der Waals surface area contributed by atoms with E-state index in [1.54, 1.807) is 12.4 Å². The number of nitrogens with zero attached hydrogens (tertiary/aromatic N) is 2. The Bertz CT molecular complexity index is 603. The van der Waals surface area contributed by atoms with Crippen molar-refractivity contribution in [2.75, 3.05) is 0 Å². The molecular weight excluding hydrogens is 262 g/mol. The van der Waals surface area contributed by atoms with Crippen molar-refractivity contribution < 1.29 is 4.79 Å². The Hall–Kier alpha value is -2.23. The topological polar surface area (TPSA) is 54.9 Å². The summed E-state index contributed by atoms with van der Waals surface area (Å²) in [5.41, 5.74) is 3.36. The molecule has 2 aromatic rings. The normalized spacial score (nSPS) is 12.2. The maximum Gasteiger partial charge on any atom is 0.251 e. The fraction of sp³-hybridized carbons (Fsp3) is 0.353. The standard InChI is InChI=1S/C17H21N3O/c1-11(2)16(14-6-5-7-18-10-14)20-17(21)15-8-12(3)19-13(4)9-15/h5-11,16H,1-4H3,(H,20,21). The van der Waals surface area contributed by atoms with Gasteiger partial charge in [-0.2, -0.15) is 0 Å². The molecule has 0 aromatic carbocycles. The first-order valence-electron chi connectivity index (χ1n) is 7.13. The van der Waals surface area contributed by atoms with Crippen molar-refractivity contribution in [1.82, 2.24) is 15.3 Å². The monoisotopic (exact) mass is 283 g/mol. The number of amides is 1. The molecule has 2 aromatic heterocycles. The highest BCUT2D eigenvalue weighted by Crippen LogP contribution is 2.21. The van der Waals surface area contributed by atoms with Crippen LogP contribution in [0, 0.1) is 19.8 Å². The Morgan fingerprint density at radius 1 is 1.19 bits per heavy atom. The summed E-state index contributed by atoms with van der Waals surface area (Å²) in [6.45, 7) is 7.96. The second-order valence-corrected chi connectivity index (χ2v) is 5.62. The molecule has 4 nitrogen and oxygen atoms in total. The second kappa shape index (κ2) is 6.48. The number of aryl methyl sites for hydroxylation is 2. The van der Waals surface area contributed by atoms with Crippen LogP contribution in [0.25, 0.3) is 0 Å². The van der Waals surface area contributed by atoms with Crippen LogP contribution in [0.1, 0.15) is 47.2 Å². The van der Waals surface area contributed by atoms with E-state index in [1.807, 2.05) is 38.1 Å². The van der Waals surface area contributed by atoms with E-state index in [-0.39, 0.29) is 17.9 Å². The predicted molar refractivity (Wildman–Crippen MR) is 83.0 cm³/mol. The molecule has 0 aliphatic rings. The first-order valence-corrected chi connectivity index (χ1v) is 7.13. The molecule has 4 heteroatoms. The Morgan fingerprint density at radius 3 is 2.38 bits per heavy atom. The Balaban J connectivity index is 2.23. The summed E-state index contributed by atoms with van der Waals surface area (Å²) < 4.78 is 0. The molecule has 110 valence electrons. The van der Waals surface area contributed by atoms with Crippen LogP contribution in [-0.4, -0.2) is 15.9 Å². The maximum atomic E-state index is 12.5. The zero-order chi connectivity index (χ0) is 15.4. The van der Waals surface area contributed by atoms with Gasteiger partial charge in [0, 0.05) is 29.3 Å². The summed E-state index contributed by atoms with van der Waals surface area (Å²) in [7, 11) is 0. The Morgan fingerprint density at radius 2 is 1.86 bits per heavy atom. The molecule has 0 aliphatic heterocycles. The van der Waals surface area contributed by atoms with Gasteiger partial charge in [-0.05, 0) is 43.5 Å². The fourth-order valence-electron chi connectivity index (χ4n) is 2.38. The molecule has 2 rings (SSSR count). The first-order chi connectivity index (χ1) is 9.97. The van der Waals surface area contributed by atoms with Crippen LogP contribution >= 0.6 is 0 Å². The second-order valence-electron chi connectivity index (χ2n) is 5.62. The van der Waals surface area contributed by atoms with Crippen molar-refractivity contribution in [3.05, 3.63) is 59.2 Å². The molecule has 0 saturated carbocycles. The van der Waals surface area contributed by atoms with Gasteiger partial charge in [0.15, 0.2) is 0 Å². The van der Waals surface area contributed by atoms with Gasteiger partial charge < -0.3 is 5.32 Å². The molecule has 1 unspecified atom stereocenters. The third-order valence-corrected chi connectivity index (χ3v) is 3.34. The van der Waals surface area contributed by atoms with Gasteiger partial charge in [0.2, 0.25) is 0 Å². The molecule has 0 fully saturated rings. The van der Waals surface area contributed by atoms with E-state index in [0.717, 1.165) is 17.0 Å².